The first-order chi connectivity index (χ1) is 12.7. The van der Waals surface area contributed by atoms with Crippen LogP contribution in [-0.4, -0.2) is 25.0 Å². The summed E-state index contributed by atoms with van der Waals surface area (Å²) in [7, 11) is 0. The van der Waals surface area contributed by atoms with Crippen LogP contribution in [0.3, 0.4) is 0 Å². The van der Waals surface area contributed by atoms with Crippen molar-refractivity contribution in [3.05, 3.63) is 76.6 Å². The molecule has 5 heteroatoms. The minimum absolute atomic E-state index is 0.0633. The molecule has 0 unspecified atom stereocenters. The van der Waals surface area contributed by atoms with Crippen molar-refractivity contribution in [2.45, 2.75) is 18.9 Å². The van der Waals surface area contributed by atoms with Crippen molar-refractivity contribution >= 4 is 22.6 Å². The molecule has 132 valence electrons. The zero-order valence-corrected chi connectivity index (χ0v) is 14.4. The van der Waals surface area contributed by atoms with Crippen LogP contribution in [0.5, 0.6) is 0 Å². The number of nitrogens with zero attached hydrogens (tertiary/aromatic N) is 1. The molecule has 1 aliphatic heterocycles. The molecule has 0 radical (unpaired) electrons. The summed E-state index contributed by atoms with van der Waals surface area (Å²) in [6, 6.07) is 19.1. The molecule has 1 N–H and O–H groups in total. The Morgan fingerprint density at radius 1 is 1.00 bits per heavy atom. The molecule has 5 nitrogen and oxygen atoms in total. The Morgan fingerprint density at radius 3 is 2.46 bits per heavy atom. The van der Waals surface area contributed by atoms with Crippen LogP contribution in [0, 0.1) is 0 Å². The van der Waals surface area contributed by atoms with E-state index in [0.717, 1.165) is 31.3 Å². The molecular formula is C21H20N2O3. The second-order valence-electron chi connectivity index (χ2n) is 6.56. The van der Waals surface area contributed by atoms with Crippen LogP contribution in [0.1, 0.15) is 23.2 Å². The SMILES string of the molecule is O=C(NC1CCN(c2ccccc2)CC1)c1cc2ccccc2oc1=O. The van der Waals surface area contributed by atoms with Gasteiger partial charge in [0.25, 0.3) is 5.91 Å². The fourth-order valence-corrected chi connectivity index (χ4v) is 3.40. The first kappa shape index (κ1) is 16.4. The van der Waals surface area contributed by atoms with Gasteiger partial charge in [0.15, 0.2) is 0 Å². The molecule has 0 saturated carbocycles. The van der Waals surface area contributed by atoms with Crippen molar-refractivity contribution in [2.24, 2.45) is 0 Å². The molecule has 1 fully saturated rings. The number of rotatable bonds is 3. The minimum atomic E-state index is -0.595. The fraction of sp³-hybridized carbons (Fsp3) is 0.238. The summed E-state index contributed by atoms with van der Waals surface area (Å²) >= 11 is 0. The number of carbonyl (C=O) groups is 1. The molecule has 2 aromatic carbocycles. The van der Waals surface area contributed by atoms with Crippen LogP contribution in [0.2, 0.25) is 0 Å². The Kier molecular flexibility index (Phi) is 4.44. The highest BCUT2D eigenvalue weighted by molar-refractivity contribution is 5.96. The third-order valence-electron chi connectivity index (χ3n) is 4.84. The van der Waals surface area contributed by atoms with E-state index in [4.69, 9.17) is 4.42 Å². The molecular weight excluding hydrogens is 328 g/mol. The molecule has 0 spiro atoms. The number of piperidine rings is 1. The molecule has 0 bridgehead atoms. The van der Waals surface area contributed by atoms with Crippen molar-refractivity contribution < 1.29 is 9.21 Å². The molecule has 26 heavy (non-hydrogen) atoms. The Balaban J connectivity index is 1.43. The molecule has 1 aromatic heterocycles. The van der Waals surface area contributed by atoms with Crippen LogP contribution in [-0.2, 0) is 0 Å². The van der Waals surface area contributed by atoms with E-state index in [-0.39, 0.29) is 17.5 Å². The van der Waals surface area contributed by atoms with E-state index in [9.17, 15) is 9.59 Å². The van der Waals surface area contributed by atoms with E-state index in [1.807, 2.05) is 30.3 Å². The number of nitrogens with one attached hydrogen (secondary N) is 1. The van der Waals surface area contributed by atoms with Crippen LogP contribution in [0.15, 0.2) is 69.9 Å². The molecule has 4 rings (SSSR count). The normalized spacial score (nSPS) is 15.2. The van der Waals surface area contributed by atoms with Crippen LogP contribution >= 0.6 is 0 Å². The topological polar surface area (TPSA) is 62.6 Å². The smallest absolute Gasteiger partial charge is 0.349 e. The highest BCUT2D eigenvalue weighted by Gasteiger charge is 2.23. The van der Waals surface area contributed by atoms with Crippen molar-refractivity contribution in [2.75, 3.05) is 18.0 Å². The molecule has 0 atom stereocenters. The van der Waals surface area contributed by atoms with Crippen LogP contribution < -0.4 is 15.8 Å². The average molecular weight is 348 g/mol. The lowest BCUT2D eigenvalue weighted by Gasteiger charge is -2.33. The number of anilines is 1. The van der Waals surface area contributed by atoms with Gasteiger partial charge in [0, 0.05) is 30.2 Å². The summed E-state index contributed by atoms with van der Waals surface area (Å²) < 4.78 is 5.25. The van der Waals surface area contributed by atoms with E-state index < -0.39 is 5.63 Å². The second kappa shape index (κ2) is 7.04. The lowest BCUT2D eigenvalue weighted by molar-refractivity contribution is 0.0927. The summed E-state index contributed by atoms with van der Waals surface area (Å²) in [5, 5.41) is 3.73. The number of amides is 1. The summed E-state index contributed by atoms with van der Waals surface area (Å²) in [6.45, 7) is 1.75. The molecule has 1 saturated heterocycles. The summed E-state index contributed by atoms with van der Waals surface area (Å²) in [5.41, 5.74) is 1.16. The van der Waals surface area contributed by atoms with Gasteiger partial charge in [-0.25, -0.2) is 4.79 Å². The molecule has 1 aliphatic rings. The van der Waals surface area contributed by atoms with Gasteiger partial charge >= 0.3 is 5.63 Å². The van der Waals surface area contributed by atoms with E-state index in [0.29, 0.717) is 5.58 Å². The Hall–Kier alpha value is -3.08. The van der Waals surface area contributed by atoms with E-state index >= 15 is 0 Å². The largest absolute Gasteiger partial charge is 0.422 e. The Bertz CT molecular complexity index is 973. The van der Waals surface area contributed by atoms with Crippen LogP contribution in [0.25, 0.3) is 11.0 Å². The molecule has 2 heterocycles. The monoisotopic (exact) mass is 348 g/mol. The molecule has 1 amide bonds. The highest BCUT2D eigenvalue weighted by Crippen LogP contribution is 2.20. The molecule has 0 aliphatic carbocycles. The number of hydrogen-bond acceptors (Lipinski definition) is 4. The highest BCUT2D eigenvalue weighted by atomic mass is 16.4. The number of fused-ring (bicyclic) bond motifs is 1. The van der Waals surface area contributed by atoms with E-state index in [2.05, 4.69) is 22.3 Å². The second-order valence-corrected chi connectivity index (χ2v) is 6.56. The molecule has 3 aromatic rings. The van der Waals surface area contributed by atoms with Gasteiger partial charge in [-0.15, -0.1) is 0 Å². The zero-order chi connectivity index (χ0) is 17.9. The third kappa shape index (κ3) is 3.33. The number of benzene rings is 2. The summed E-state index contributed by atoms with van der Waals surface area (Å²) in [5.74, 6) is -0.359. The Morgan fingerprint density at radius 2 is 1.69 bits per heavy atom. The van der Waals surface area contributed by atoms with Gasteiger partial charge in [0.2, 0.25) is 0 Å². The maximum atomic E-state index is 12.5. The Labute approximate surface area is 151 Å². The fourth-order valence-electron chi connectivity index (χ4n) is 3.40. The average Bonchev–Trinajstić information content (AvgIpc) is 2.68. The number of para-hydroxylation sites is 2. The van der Waals surface area contributed by atoms with Gasteiger partial charge < -0.3 is 14.6 Å². The van der Waals surface area contributed by atoms with Crippen LogP contribution in [0.4, 0.5) is 5.69 Å². The summed E-state index contributed by atoms with van der Waals surface area (Å²) in [6.07, 6.45) is 1.69. The van der Waals surface area contributed by atoms with Gasteiger partial charge in [-0.2, -0.15) is 0 Å². The maximum absolute atomic E-state index is 12.5. The van der Waals surface area contributed by atoms with E-state index in [1.165, 1.54) is 5.69 Å². The van der Waals surface area contributed by atoms with Gasteiger partial charge in [-0.05, 0) is 37.1 Å². The van der Waals surface area contributed by atoms with Gasteiger partial charge in [-0.1, -0.05) is 36.4 Å². The third-order valence-corrected chi connectivity index (χ3v) is 4.84. The van der Waals surface area contributed by atoms with Crippen molar-refractivity contribution in [3.63, 3.8) is 0 Å². The van der Waals surface area contributed by atoms with Gasteiger partial charge in [0.05, 0.1) is 0 Å². The lowest BCUT2D eigenvalue weighted by Crippen LogP contribution is -2.45. The van der Waals surface area contributed by atoms with Crippen molar-refractivity contribution in [3.8, 4) is 0 Å². The number of hydrogen-bond donors (Lipinski definition) is 1. The van der Waals surface area contributed by atoms with E-state index in [1.54, 1.807) is 18.2 Å². The minimum Gasteiger partial charge on any atom is -0.422 e. The van der Waals surface area contributed by atoms with Gasteiger partial charge in [-0.3, -0.25) is 4.79 Å². The standard InChI is InChI=1S/C21H20N2O3/c24-20(18-14-15-6-4-5-9-19(15)26-21(18)25)22-16-10-12-23(13-11-16)17-7-2-1-3-8-17/h1-9,14,16H,10-13H2,(H,22,24). The van der Waals surface area contributed by atoms with Crippen molar-refractivity contribution in [1.29, 1.82) is 0 Å². The zero-order valence-electron chi connectivity index (χ0n) is 14.4. The maximum Gasteiger partial charge on any atom is 0.349 e. The quantitative estimate of drug-likeness (QED) is 0.739. The predicted octanol–water partition coefficient (Wildman–Crippen LogP) is 3.19. The summed E-state index contributed by atoms with van der Waals surface area (Å²) in [4.78, 5) is 27.0. The first-order valence-corrected chi connectivity index (χ1v) is 8.84. The first-order valence-electron chi connectivity index (χ1n) is 8.84. The number of carbonyl (C=O) groups excluding carboxylic acids is 1. The predicted molar refractivity (Wildman–Crippen MR) is 102 cm³/mol. The van der Waals surface area contributed by atoms with Crippen molar-refractivity contribution in [1.82, 2.24) is 5.32 Å². The lowest BCUT2D eigenvalue weighted by atomic mass is 10.0. The van der Waals surface area contributed by atoms with Gasteiger partial charge in [0.1, 0.15) is 11.1 Å².